The summed E-state index contributed by atoms with van der Waals surface area (Å²) in [4.78, 5) is 32.3. The van der Waals surface area contributed by atoms with Crippen LogP contribution in [0.4, 0.5) is 5.69 Å². The molecule has 30 heavy (non-hydrogen) atoms. The molecule has 0 spiro atoms. The third-order valence-electron chi connectivity index (χ3n) is 5.71. The van der Waals surface area contributed by atoms with E-state index in [9.17, 15) is 14.9 Å². The zero-order valence-electron chi connectivity index (χ0n) is 17.0. The summed E-state index contributed by atoms with van der Waals surface area (Å²) in [5.74, 6) is -0.573. The quantitative estimate of drug-likeness (QED) is 0.538. The van der Waals surface area contributed by atoms with Crippen LogP contribution in [-0.4, -0.2) is 30.2 Å². The SMILES string of the molecule is CCOc1ccc(N2C(=O)c3ccccc3[C@@H](C=N[C@](C)(C#N)C3CC3)C2=O)cc1. The molecule has 4 rings (SSSR count). The maximum Gasteiger partial charge on any atom is 0.265 e. The summed E-state index contributed by atoms with van der Waals surface area (Å²) < 4.78 is 5.46. The Labute approximate surface area is 175 Å². The number of fused-ring (bicyclic) bond motifs is 1. The smallest absolute Gasteiger partial charge is 0.265 e. The van der Waals surface area contributed by atoms with Gasteiger partial charge in [0.05, 0.1) is 24.3 Å². The number of nitriles is 1. The van der Waals surface area contributed by atoms with Crippen molar-refractivity contribution in [2.75, 3.05) is 11.5 Å². The standard InChI is InChI=1S/C24H23N3O3/c1-3-30-18-12-10-17(11-13-18)27-22(28)20-7-5-4-6-19(20)21(23(27)29)14-26-24(2,15-25)16-8-9-16/h4-7,10-14,16,21H,3,8-9H2,1-2H3/t21-,24-/m1/s1. The number of imide groups is 1. The number of rotatable bonds is 6. The molecule has 2 amide bonds. The minimum Gasteiger partial charge on any atom is -0.494 e. The highest BCUT2D eigenvalue weighted by atomic mass is 16.5. The summed E-state index contributed by atoms with van der Waals surface area (Å²) in [5.41, 5.74) is 0.717. The second kappa shape index (κ2) is 7.75. The molecule has 2 aromatic carbocycles. The van der Waals surface area contributed by atoms with Gasteiger partial charge in [0.1, 0.15) is 11.3 Å². The van der Waals surface area contributed by atoms with Gasteiger partial charge in [0.25, 0.3) is 5.91 Å². The first-order chi connectivity index (χ1) is 14.5. The number of anilines is 1. The Morgan fingerprint density at radius 3 is 2.53 bits per heavy atom. The van der Waals surface area contributed by atoms with Crippen molar-refractivity contribution in [2.45, 2.75) is 38.1 Å². The second-order valence-electron chi connectivity index (χ2n) is 7.78. The van der Waals surface area contributed by atoms with Crippen LogP contribution < -0.4 is 9.64 Å². The van der Waals surface area contributed by atoms with Crippen LogP contribution in [0.2, 0.25) is 0 Å². The minimum atomic E-state index is -0.847. The van der Waals surface area contributed by atoms with Crippen LogP contribution in [0.3, 0.4) is 0 Å². The van der Waals surface area contributed by atoms with Crippen molar-refractivity contribution in [3.05, 3.63) is 59.7 Å². The van der Waals surface area contributed by atoms with Crippen LogP contribution in [-0.2, 0) is 4.79 Å². The number of amides is 2. The molecular formula is C24H23N3O3. The van der Waals surface area contributed by atoms with E-state index in [1.54, 1.807) is 61.7 Å². The zero-order valence-corrected chi connectivity index (χ0v) is 17.0. The van der Waals surface area contributed by atoms with Gasteiger partial charge in [-0.15, -0.1) is 0 Å². The lowest BCUT2D eigenvalue weighted by atomic mass is 9.88. The molecule has 2 aliphatic rings. The van der Waals surface area contributed by atoms with E-state index in [4.69, 9.17) is 4.74 Å². The maximum atomic E-state index is 13.4. The summed E-state index contributed by atoms with van der Waals surface area (Å²) in [5, 5.41) is 9.60. The van der Waals surface area contributed by atoms with Crippen molar-refractivity contribution in [3.8, 4) is 11.8 Å². The van der Waals surface area contributed by atoms with Crippen molar-refractivity contribution in [3.63, 3.8) is 0 Å². The van der Waals surface area contributed by atoms with E-state index in [0.29, 0.717) is 29.2 Å². The van der Waals surface area contributed by atoms with E-state index < -0.39 is 11.5 Å². The lowest BCUT2D eigenvalue weighted by molar-refractivity contribution is -0.118. The molecule has 2 atom stereocenters. The lowest BCUT2D eigenvalue weighted by Gasteiger charge is -2.31. The fourth-order valence-corrected chi connectivity index (χ4v) is 3.80. The van der Waals surface area contributed by atoms with Crippen molar-refractivity contribution < 1.29 is 14.3 Å². The van der Waals surface area contributed by atoms with Gasteiger partial charge in [0, 0.05) is 11.8 Å². The number of carbonyl (C=O) groups is 2. The molecule has 1 heterocycles. The predicted octanol–water partition coefficient (Wildman–Crippen LogP) is 4.12. The molecule has 1 aliphatic heterocycles. The van der Waals surface area contributed by atoms with Gasteiger partial charge in [0.15, 0.2) is 0 Å². The van der Waals surface area contributed by atoms with Crippen molar-refractivity contribution >= 4 is 23.7 Å². The third-order valence-corrected chi connectivity index (χ3v) is 5.71. The Hall–Kier alpha value is -3.46. The van der Waals surface area contributed by atoms with Crippen molar-refractivity contribution in [2.24, 2.45) is 10.9 Å². The van der Waals surface area contributed by atoms with E-state index >= 15 is 0 Å². The van der Waals surface area contributed by atoms with E-state index in [2.05, 4.69) is 11.1 Å². The normalized spacial score (nSPS) is 20.6. The zero-order chi connectivity index (χ0) is 21.3. The van der Waals surface area contributed by atoms with Gasteiger partial charge in [-0.3, -0.25) is 14.6 Å². The highest BCUT2D eigenvalue weighted by Crippen LogP contribution is 2.42. The first kappa shape index (κ1) is 19.8. The number of aliphatic imine (C=N–C) groups is 1. The van der Waals surface area contributed by atoms with Crippen LogP contribution in [0.5, 0.6) is 5.75 Å². The van der Waals surface area contributed by atoms with Crippen molar-refractivity contribution in [1.29, 1.82) is 5.26 Å². The molecule has 1 aliphatic carbocycles. The Kier molecular flexibility index (Phi) is 5.13. The number of nitrogens with zero attached hydrogens (tertiary/aromatic N) is 3. The molecular weight excluding hydrogens is 378 g/mol. The number of ether oxygens (including phenoxy) is 1. The van der Waals surface area contributed by atoms with Crippen LogP contribution >= 0.6 is 0 Å². The molecule has 6 nitrogen and oxygen atoms in total. The van der Waals surface area contributed by atoms with Gasteiger partial charge in [0.2, 0.25) is 5.91 Å². The highest BCUT2D eigenvalue weighted by Gasteiger charge is 2.43. The van der Waals surface area contributed by atoms with E-state index in [1.165, 1.54) is 4.90 Å². The van der Waals surface area contributed by atoms with Gasteiger partial charge >= 0.3 is 0 Å². The number of hydrogen-bond donors (Lipinski definition) is 0. The molecule has 1 fully saturated rings. The summed E-state index contributed by atoms with van der Waals surface area (Å²) in [6, 6.07) is 16.2. The van der Waals surface area contributed by atoms with Gasteiger partial charge in [-0.05, 0) is 68.5 Å². The Morgan fingerprint density at radius 2 is 1.90 bits per heavy atom. The first-order valence-corrected chi connectivity index (χ1v) is 10.1. The van der Waals surface area contributed by atoms with Crippen LogP contribution in [0.1, 0.15) is 48.5 Å². The molecule has 6 heteroatoms. The fraction of sp³-hybridized carbons (Fsp3) is 0.333. The van der Waals surface area contributed by atoms with Gasteiger partial charge < -0.3 is 4.74 Å². The predicted molar refractivity (Wildman–Crippen MR) is 114 cm³/mol. The second-order valence-corrected chi connectivity index (χ2v) is 7.78. The Balaban J connectivity index is 1.73. The molecule has 0 N–H and O–H groups in total. The summed E-state index contributed by atoms with van der Waals surface area (Å²) in [6.45, 7) is 4.23. The fourth-order valence-electron chi connectivity index (χ4n) is 3.80. The summed E-state index contributed by atoms with van der Waals surface area (Å²) in [7, 11) is 0. The third kappa shape index (κ3) is 3.48. The molecule has 0 saturated heterocycles. The average Bonchev–Trinajstić information content (AvgIpc) is 3.61. The van der Waals surface area contributed by atoms with E-state index in [1.807, 2.05) is 6.92 Å². The molecule has 2 aromatic rings. The minimum absolute atomic E-state index is 0.219. The van der Waals surface area contributed by atoms with Crippen molar-refractivity contribution in [1.82, 2.24) is 0 Å². The van der Waals surface area contributed by atoms with Crippen LogP contribution in [0.15, 0.2) is 53.5 Å². The van der Waals surface area contributed by atoms with Gasteiger partial charge in [-0.25, -0.2) is 4.90 Å². The maximum absolute atomic E-state index is 13.4. The highest BCUT2D eigenvalue weighted by molar-refractivity contribution is 6.29. The van der Waals surface area contributed by atoms with Gasteiger partial charge in [-0.1, -0.05) is 18.2 Å². The van der Waals surface area contributed by atoms with E-state index in [-0.39, 0.29) is 17.7 Å². The summed E-state index contributed by atoms with van der Waals surface area (Å²) >= 11 is 0. The molecule has 0 unspecified atom stereocenters. The topological polar surface area (TPSA) is 82.8 Å². The van der Waals surface area contributed by atoms with Crippen LogP contribution in [0.25, 0.3) is 0 Å². The molecule has 152 valence electrons. The number of benzene rings is 2. The molecule has 0 aromatic heterocycles. The summed E-state index contributed by atoms with van der Waals surface area (Å²) in [6.07, 6.45) is 3.48. The monoisotopic (exact) mass is 401 g/mol. The number of hydrogen-bond acceptors (Lipinski definition) is 5. The van der Waals surface area contributed by atoms with Gasteiger partial charge in [-0.2, -0.15) is 5.26 Å². The largest absolute Gasteiger partial charge is 0.494 e. The molecule has 0 radical (unpaired) electrons. The Bertz CT molecular complexity index is 1050. The first-order valence-electron chi connectivity index (χ1n) is 10.1. The average molecular weight is 401 g/mol. The lowest BCUT2D eigenvalue weighted by Crippen LogP contribution is -2.45. The van der Waals surface area contributed by atoms with Crippen LogP contribution in [0, 0.1) is 17.2 Å². The number of carbonyl (C=O) groups excluding carboxylic acids is 2. The molecule has 0 bridgehead atoms. The van der Waals surface area contributed by atoms with E-state index in [0.717, 1.165) is 12.8 Å². The Morgan fingerprint density at radius 1 is 1.20 bits per heavy atom. The molecule has 1 saturated carbocycles.